The lowest BCUT2D eigenvalue weighted by atomic mass is 9.86. The molecule has 0 radical (unpaired) electrons. The number of nitrogens with one attached hydrogen (secondary N) is 1. The molecule has 0 bridgehead atoms. The number of rotatable bonds is 0. The second-order valence-corrected chi connectivity index (χ2v) is 2.99. The predicted molar refractivity (Wildman–Crippen MR) is 38.5 cm³/mol. The highest BCUT2D eigenvalue weighted by Crippen LogP contribution is 2.28. The van der Waals surface area contributed by atoms with Gasteiger partial charge in [0, 0.05) is 0 Å². The van der Waals surface area contributed by atoms with E-state index in [1.165, 1.54) is 0 Å². The molecule has 2 amide bonds. The van der Waals surface area contributed by atoms with E-state index in [0.717, 1.165) is 12.8 Å². The fourth-order valence-corrected chi connectivity index (χ4v) is 1.69. The number of carbonyl (C=O) groups excluding carboxylic acids is 2. The van der Waals surface area contributed by atoms with Crippen LogP contribution in [0.15, 0.2) is 12.2 Å². The van der Waals surface area contributed by atoms with Crippen LogP contribution in [-0.4, -0.2) is 11.8 Å². The van der Waals surface area contributed by atoms with Gasteiger partial charge in [-0.2, -0.15) is 0 Å². The Balaban J connectivity index is 2.30. The quantitative estimate of drug-likeness (QED) is 0.398. The van der Waals surface area contributed by atoms with Crippen LogP contribution in [0.4, 0.5) is 0 Å². The summed E-state index contributed by atoms with van der Waals surface area (Å²) >= 11 is 0. The summed E-state index contributed by atoms with van der Waals surface area (Å²) in [7, 11) is 0. The van der Waals surface area contributed by atoms with E-state index in [-0.39, 0.29) is 23.7 Å². The number of hydrogen-bond acceptors (Lipinski definition) is 2. The van der Waals surface area contributed by atoms with Crippen LogP contribution in [0.25, 0.3) is 0 Å². The Morgan fingerprint density at radius 2 is 2.18 bits per heavy atom. The predicted octanol–water partition coefficient (Wildman–Crippen LogP) is 0.225. The summed E-state index contributed by atoms with van der Waals surface area (Å²) < 4.78 is 0. The monoisotopic (exact) mass is 151 g/mol. The Kier molecular flexibility index (Phi) is 1.31. The number of allylic oxidation sites excluding steroid dienone is 1. The van der Waals surface area contributed by atoms with E-state index in [1.807, 2.05) is 12.2 Å². The van der Waals surface area contributed by atoms with Crippen molar-refractivity contribution in [2.24, 2.45) is 11.8 Å². The van der Waals surface area contributed by atoms with Crippen molar-refractivity contribution in [2.45, 2.75) is 12.8 Å². The molecule has 0 unspecified atom stereocenters. The summed E-state index contributed by atoms with van der Waals surface area (Å²) in [5, 5.41) is 2.33. The Morgan fingerprint density at radius 3 is 2.91 bits per heavy atom. The molecule has 0 aromatic rings. The molecule has 2 aliphatic rings. The van der Waals surface area contributed by atoms with Gasteiger partial charge in [0.2, 0.25) is 11.8 Å². The highest BCUT2D eigenvalue weighted by Gasteiger charge is 2.40. The average molecular weight is 151 g/mol. The molecule has 1 fully saturated rings. The largest absolute Gasteiger partial charge is 0.296 e. The highest BCUT2D eigenvalue weighted by molar-refractivity contribution is 6.06. The molecule has 1 heterocycles. The topological polar surface area (TPSA) is 46.2 Å². The zero-order valence-corrected chi connectivity index (χ0v) is 6.04. The van der Waals surface area contributed by atoms with E-state index in [0.29, 0.717) is 0 Å². The Bertz CT molecular complexity index is 244. The standard InChI is InChI=1S/C8H9NO2/c10-7-5-3-1-2-4-6(5)8(11)9-7/h1,3,5-6H,2,4H2,(H,9,10,11)/t5-,6-/m0/s1. The first-order valence-electron chi connectivity index (χ1n) is 3.80. The molecule has 11 heavy (non-hydrogen) atoms. The van der Waals surface area contributed by atoms with Crippen LogP contribution in [0.3, 0.4) is 0 Å². The Labute approximate surface area is 64.5 Å². The first kappa shape index (κ1) is 6.58. The second-order valence-electron chi connectivity index (χ2n) is 2.99. The van der Waals surface area contributed by atoms with E-state index in [9.17, 15) is 9.59 Å². The van der Waals surface area contributed by atoms with Crippen molar-refractivity contribution in [3.63, 3.8) is 0 Å². The molecule has 58 valence electrons. The highest BCUT2D eigenvalue weighted by atomic mass is 16.2. The molecule has 1 N–H and O–H groups in total. The fourth-order valence-electron chi connectivity index (χ4n) is 1.69. The molecule has 0 aromatic heterocycles. The van der Waals surface area contributed by atoms with Crippen molar-refractivity contribution in [2.75, 3.05) is 0 Å². The third kappa shape index (κ3) is 0.878. The van der Waals surface area contributed by atoms with Crippen molar-refractivity contribution >= 4 is 11.8 Å². The summed E-state index contributed by atoms with van der Waals surface area (Å²) in [6, 6.07) is 0. The first-order chi connectivity index (χ1) is 5.29. The van der Waals surface area contributed by atoms with Gasteiger partial charge in [0.15, 0.2) is 0 Å². The van der Waals surface area contributed by atoms with Gasteiger partial charge in [0.05, 0.1) is 11.8 Å². The van der Waals surface area contributed by atoms with Gasteiger partial charge >= 0.3 is 0 Å². The maximum atomic E-state index is 11.1. The van der Waals surface area contributed by atoms with Gasteiger partial charge in [-0.05, 0) is 12.8 Å². The summed E-state index contributed by atoms with van der Waals surface area (Å²) in [4.78, 5) is 22.1. The van der Waals surface area contributed by atoms with Crippen LogP contribution >= 0.6 is 0 Å². The van der Waals surface area contributed by atoms with Gasteiger partial charge in [0.25, 0.3) is 0 Å². The molecule has 1 saturated heterocycles. The van der Waals surface area contributed by atoms with Crippen molar-refractivity contribution in [1.29, 1.82) is 0 Å². The summed E-state index contributed by atoms with van der Waals surface area (Å²) in [5.41, 5.74) is 0. The van der Waals surface area contributed by atoms with Gasteiger partial charge in [-0.3, -0.25) is 14.9 Å². The van der Waals surface area contributed by atoms with E-state index in [2.05, 4.69) is 5.32 Å². The molecule has 3 heteroatoms. The van der Waals surface area contributed by atoms with Crippen molar-refractivity contribution in [1.82, 2.24) is 5.32 Å². The molecule has 1 aliphatic heterocycles. The van der Waals surface area contributed by atoms with Crippen LogP contribution in [0.1, 0.15) is 12.8 Å². The fraction of sp³-hybridized carbons (Fsp3) is 0.500. The third-order valence-corrected chi connectivity index (χ3v) is 2.31. The van der Waals surface area contributed by atoms with Crippen LogP contribution in [-0.2, 0) is 9.59 Å². The minimum Gasteiger partial charge on any atom is -0.296 e. The first-order valence-corrected chi connectivity index (χ1v) is 3.80. The van der Waals surface area contributed by atoms with Gasteiger partial charge < -0.3 is 0 Å². The number of amides is 2. The van der Waals surface area contributed by atoms with Crippen molar-refractivity contribution in [3.05, 3.63) is 12.2 Å². The normalized spacial score (nSPS) is 35.3. The van der Waals surface area contributed by atoms with Crippen LogP contribution in [0, 0.1) is 11.8 Å². The van der Waals surface area contributed by atoms with Crippen LogP contribution in [0.5, 0.6) is 0 Å². The Morgan fingerprint density at radius 1 is 1.36 bits per heavy atom. The smallest absolute Gasteiger partial charge is 0.234 e. The van der Waals surface area contributed by atoms with Gasteiger partial charge in [-0.1, -0.05) is 12.2 Å². The minimum atomic E-state index is -0.170. The van der Waals surface area contributed by atoms with Gasteiger partial charge in [-0.25, -0.2) is 0 Å². The maximum absolute atomic E-state index is 11.1. The van der Waals surface area contributed by atoms with E-state index in [4.69, 9.17) is 0 Å². The molecule has 2 atom stereocenters. The lowest BCUT2D eigenvalue weighted by Crippen LogP contribution is -2.21. The minimum absolute atomic E-state index is 0.0764. The average Bonchev–Trinajstić information content (AvgIpc) is 2.30. The molecule has 1 aliphatic carbocycles. The number of carbonyl (C=O) groups is 2. The molecule has 0 aromatic carbocycles. The Hall–Kier alpha value is -1.12. The SMILES string of the molecule is O=C1NC(=O)[C@H]2CCC=C[C@H]12. The lowest BCUT2D eigenvalue weighted by molar-refractivity contribution is -0.126. The van der Waals surface area contributed by atoms with E-state index < -0.39 is 0 Å². The van der Waals surface area contributed by atoms with E-state index in [1.54, 1.807) is 0 Å². The molecule has 0 spiro atoms. The van der Waals surface area contributed by atoms with Crippen LogP contribution < -0.4 is 5.32 Å². The molecular weight excluding hydrogens is 142 g/mol. The lowest BCUT2D eigenvalue weighted by Gasteiger charge is -2.14. The van der Waals surface area contributed by atoms with E-state index >= 15 is 0 Å². The zero-order chi connectivity index (χ0) is 7.84. The van der Waals surface area contributed by atoms with Gasteiger partial charge in [0.1, 0.15) is 0 Å². The van der Waals surface area contributed by atoms with Crippen molar-refractivity contribution in [3.8, 4) is 0 Å². The summed E-state index contributed by atoms with van der Waals surface area (Å²) in [5.74, 6) is -0.468. The van der Waals surface area contributed by atoms with Gasteiger partial charge in [-0.15, -0.1) is 0 Å². The molecular formula is C8H9NO2. The molecule has 0 saturated carbocycles. The number of hydrogen-bond donors (Lipinski definition) is 1. The second kappa shape index (κ2) is 2.19. The summed E-state index contributed by atoms with van der Waals surface area (Å²) in [6.45, 7) is 0. The number of fused-ring (bicyclic) bond motifs is 1. The maximum Gasteiger partial charge on any atom is 0.234 e. The van der Waals surface area contributed by atoms with Crippen LogP contribution in [0.2, 0.25) is 0 Å². The number of imide groups is 1. The van der Waals surface area contributed by atoms with Crippen molar-refractivity contribution < 1.29 is 9.59 Å². The molecule has 2 rings (SSSR count). The summed E-state index contributed by atoms with van der Waals surface area (Å²) in [6.07, 6.45) is 5.55. The molecule has 3 nitrogen and oxygen atoms in total. The zero-order valence-electron chi connectivity index (χ0n) is 6.04. The third-order valence-electron chi connectivity index (χ3n) is 2.31.